The molecule has 0 bridgehead atoms. The topological polar surface area (TPSA) is 49.3 Å². The quantitative estimate of drug-likeness (QED) is 0.889. The Kier molecular flexibility index (Phi) is 4.18. The fourth-order valence-electron chi connectivity index (χ4n) is 1.80. The monoisotopic (exact) mass is 271 g/mol. The molecule has 0 aromatic heterocycles. The molecule has 5 heteroatoms. The summed E-state index contributed by atoms with van der Waals surface area (Å²) in [6.45, 7) is 0.648. The molecule has 0 aliphatic carbocycles. The van der Waals surface area contributed by atoms with E-state index in [-0.39, 0.29) is 17.2 Å². The van der Waals surface area contributed by atoms with Gasteiger partial charge in [0.05, 0.1) is 5.56 Å². The number of phenols is 1. The average Bonchev–Trinajstić information content (AvgIpc) is 2.82. The molecule has 1 unspecified atom stereocenters. The Morgan fingerprint density at radius 1 is 1.59 bits per heavy atom. The number of carbonyl (C=O) groups excluding carboxylic acids is 1. The Hall–Kier alpha value is -0.870. The van der Waals surface area contributed by atoms with Crippen LogP contribution in [-0.2, 0) is 0 Å². The van der Waals surface area contributed by atoms with Crippen LogP contribution in [0.5, 0.6) is 5.75 Å². The maximum Gasteiger partial charge on any atom is 0.255 e. The third-order valence-corrected chi connectivity index (χ3v) is 4.35. The maximum atomic E-state index is 11.8. The first-order valence-electron chi connectivity index (χ1n) is 5.55. The lowest BCUT2D eigenvalue weighted by Crippen LogP contribution is -2.29. The molecule has 1 atom stereocenters. The number of amides is 1. The van der Waals surface area contributed by atoms with Gasteiger partial charge in [-0.2, -0.15) is 11.8 Å². The number of aromatic hydroxyl groups is 1. The predicted octanol–water partition coefficient (Wildman–Crippen LogP) is 2.67. The second kappa shape index (κ2) is 5.65. The standard InChI is InChI=1S/C12H14ClNO2S/c13-8-3-4-11(15)10(6-8)12(16)14-7-9-2-1-5-17-9/h3-4,6,9,15H,1-2,5,7H2,(H,14,16). The predicted molar refractivity (Wildman–Crippen MR) is 70.9 cm³/mol. The molecule has 2 rings (SSSR count). The number of phenolic OH excluding ortho intramolecular Hbond substituents is 1. The molecule has 1 aliphatic heterocycles. The van der Waals surface area contributed by atoms with Crippen molar-refractivity contribution < 1.29 is 9.90 Å². The zero-order valence-electron chi connectivity index (χ0n) is 9.28. The van der Waals surface area contributed by atoms with Gasteiger partial charge in [0, 0.05) is 16.8 Å². The minimum Gasteiger partial charge on any atom is -0.507 e. The SMILES string of the molecule is O=C(NCC1CCCS1)c1cc(Cl)ccc1O. The normalized spacial score (nSPS) is 19.2. The summed E-state index contributed by atoms with van der Waals surface area (Å²) in [5.74, 6) is 0.867. The van der Waals surface area contributed by atoms with E-state index in [0.717, 1.165) is 6.42 Å². The molecule has 0 saturated carbocycles. The van der Waals surface area contributed by atoms with E-state index in [4.69, 9.17) is 11.6 Å². The second-order valence-electron chi connectivity index (χ2n) is 4.01. The molecule has 92 valence electrons. The highest BCUT2D eigenvalue weighted by Gasteiger charge is 2.18. The van der Waals surface area contributed by atoms with Crippen LogP contribution in [0.3, 0.4) is 0 Å². The third kappa shape index (κ3) is 3.30. The number of nitrogens with one attached hydrogen (secondary N) is 1. The number of hydrogen-bond acceptors (Lipinski definition) is 3. The summed E-state index contributed by atoms with van der Waals surface area (Å²) in [7, 11) is 0. The number of benzene rings is 1. The van der Waals surface area contributed by atoms with Crippen molar-refractivity contribution in [3.8, 4) is 5.75 Å². The molecule has 2 N–H and O–H groups in total. The summed E-state index contributed by atoms with van der Waals surface area (Å²) in [6, 6.07) is 4.47. The van der Waals surface area contributed by atoms with Crippen molar-refractivity contribution in [2.75, 3.05) is 12.3 Å². The molecule has 17 heavy (non-hydrogen) atoms. The van der Waals surface area contributed by atoms with Crippen LogP contribution in [0.15, 0.2) is 18.2 Å². The van der Waals surface area contributed by atoms with Crippen LogP contribution in [-0.4, -0.2) is 28.6 Å². The maximum absolute atomic E-state index is 11.8. The molecule has 1 heterocycles. The van der Waals surface area contributed by atoms with Gasteiger partial charge in [0.1, 0.15) is 5.75 Å². The molecule has 1 saturated heterocycles. The zero-order chi connectivity index (χ0) is 12.3. The minimum absolute atomic E-state index is 0.0361. The van der Waals surface area contributed by atoms with Crippen molar-refractivity contribution in [3.05, 3.63) is 28.8 Å². The van der Waals surface area contributed by atoms with Gasteiger partial charge in [0.2, 0.25) is 0 Å². The third-order valence-electron chi connectivity index (χ3n) is 2.72. The molecule has 1 aromatic carbocycles. The van der Waals surface area contributed by atoms with Gasteiger partial charge in [-0.3, -0.25) is 4.79 Å². The minimum atomic E-state index is -0.266. The van der Waals surface area contributed by atoms with Gasteiger partial charge < -0.3 is 10.4 Å². The van der Waals surface area contributed by atoms with Crippen LogP contribution in [0.1, 0.15) is 23.2 Å². The first-order valence-corrected chi connectivity index (χ1v) is 6.98. The average molecular weight is 272 g/mol. The Bertz CT molecular complexity index is 419. The Morgan fingerprint density at radius 3 is 3.12 bits per heavy atom. The first-order chi connectivity index (χ1) is 8.16. The fourth-order valence-corrected chi connectivity index (χ4v) is 3.17. The van der Waals surface area contributed by atoms with Crippen molar-refractivity contribution in [2.45, 2.75) is 18.1 Å². The molecular formula is C12H14ClNO2S. The number of thioether (sulfide) groups is 1. The van der Waals surface area contributed by atoms with Crippen LogP contribution in [0, 0.1) is 0 Å². The van der Waals surface area contributed by atoms with E-state index < -0.39 is 0 Å². The van der Waals surface area contributed by atoms with Gasteiger partial charge in [0.15, 0.2) is 0 Å². The van der Waals surface area contributed by atoms with Crippen LogP contribution in [0.4, 0.5) is 0 Å². The van der Waals surface area contributed by atoms with Gasteiger partial charge in [0.25, 0.3) is 5.91 Å². The molecule has 0 radical (unpaired) electrons. The van der Waals surface area contributed by atoms with Crippen molar-refractivity contribution >= 4 is 29.3 Å². The number of carbonyl (C=O) groups is 1. The first kappa shape index (κ1) is 12.6. The number of halogens is 1. The van der Waals surface area contributed by atoms with E-state index in [0.29, 0.717) is 16.8 Å². The van der Waals surface area contributed by atoms with E-state index in [1.807, 2.05) is 11.8 Å². The summed E-state index contributed by atoms with van der Waals surface area (Å²) in [5.41, 5.74) is 0.237. The van der Waals surface area contributed by atoms with E-state index in [1.54, 1.807) is 6.07 Å². The van der Waals surface area contributed by atoms with Gasteiger partial charge in [-0.15, -0.1) is 0 Å². The highest BCUT2D eigenvalue weighted by Crippen LogP contribution is 2.26. The molecule has 3 nitrogen and oxygen atoms in total. The van der Waals surface area contributed by atoms with E-state index in [1.165, 1.54) is 24.3 Å². The number of rotatable bonds is 3. The smallest absolute Gasteiger partial charge is 0.255 e. The lowest BCUT2D eigenvalue weighted by molar-refractivity contribution is 0.0951. The molecular weight excluding hydrogens is 258 g/mol. The summed E-state index contributed by atoms with van der Waals surface area (Å²) in [5, 5.41) is 13.4. The molecule has 1 aromatic rings. The van der Waals surface area contributed by atoms with Gasteiger partial charge in [-0.05, 0) is 36.8 Å². The fraction of sp³-hybridized carbons (Fsp3) is 0.417. The van der Waals surface area contributed by atoms with Crippen LogP contribution in [0.25, 0.3) is 0 Å². The van der Waals surface area contributed by atoms with Crippen molar-refractivity contribution in [1.82, 2.24) is 5.32 Å². The Balaban J connectivity index is 1.96. The summed E-state index contributed by atoms with van der Waals surface area (Å²) >= 11 is 7.68. The highest BCUT2D eigenvalue weighted by molar-refractivity contribution is 8.00. The summed E-state index contributed by atoms with van der Waals surface area (Å²) < 4.78 is 0. The zero-order valence-corrected chi connectivity index (χ0v) is 10.9. The van der Waals surface area contributed by atoms with Crippen molar-refractivity contribution in [3.63, 3.8) is 0 Å². The van der Waals surface area contributed by atoms with Crippen LogP contribution in [0.2, 0.25) is 5.02 Å². The Labute approximate surface area is 110 Å². The van der Waals surface area contributed by atoms with E-state index in [2.05, 4.69) is 5.32 Å². The highest BCUT2D eigenvalue weighted by atomic mass is 35.5. The van der Waals surface area contributed by atoms with Gasteiger partial charge in [-0.25, -0.2) is 0 Å². The lowest BCUT2D eigenvalue weighted by Gasteiger charge is -2.11. The van der Waals surface area contributed by atoms with Gasteiger partial charge in [-0.1, -0.05) is 11.6 Å². The Morgan fingerprint density at radius 2 is 2.41 bits per heavy atom. The summed E-state index contributed by atoms with van der Waals surface area (Å²) in [4.78, 5) is 11.8. The van der Waals surface area contributed by atoms with Gasteiger partial charge >= 0.3 is 0 Å². The van der Waals surface area contributed by atoms with Crippen molar-refractivity contribution in [2.24, 2.45) is 0 Å². The lowest BCUT2D eigenvalue weighted by atomic mass is 10.2. The molecule has 1 fully saturated rings. The van der Waals surface area contributed by atoms with Crippen LogP contribution < -0.4 is 5.32 Å². The van der Waals surface area contributed by atoms with Crippen molar-refractivity contribution in [1.29, 1.82) is 0 Å². The molecule has 1 amide bonds. The molecule has 0 spiro atoms. The van der Waals surface area contributed by atoms with E-state index >= 15 is 0 Å². The summed E-state index contributed by atoms with van der Waals surface area (Å²) in [6.07, 6.45) is 2.36. The van der Waals surface area contributed by atoms with E-state index in [9.17, 15) is 9.90 Å². The largest absolute Gasteiger partial charge is 0.507 e. The molecule has 1 aliphatic rings. The second-order valence-corrected chi connectivity index (χ2v) is 5.85. The van der Waals surface area contributed by atoms with Crippen LogP contribution >= 0.6 is 23.4 Å². The number of hydrogen-bond donors (Lipinski definition) is 2.